The zero-order chi connectivity index (χ0) is 15.2. The van der Waals surface area contributed by atoms with Crippen molar-refractivity contribution in [2.45, 2.75) is 13.8 Å². The van der Waals surface area contributed by atoms with E-state index in [2.05, 4.69) is 0 Å². The quantitative estimate of drug-likeness (QED) is 0.857. The summed E-state index contributed by atoms with van der Waals surface area (Å²) in [5.74, 6) is 0.715. The second-order valence-electron chi connectivity index (χ2n) is 4.60. The molecule has 0 aliphatic heterocycles. The minimum atomic E-state index is -0.0499. The molecule has 4 heteroatoms. The predicted molar refractivity (Wildman–Crippen MR) is 85.8 cm³/mol. The maximum absolute atomic E-state index is 12.6. The molecule has 0 aromatic heterocycles. The van der Waals surface area contributed by atoms with Crippen LogP contribution in [0.2, 0.25) is 0 Å². The summed E-state index contributed by atoms with van der Waals surface area (Å²) in [7, 11) is 0. The number of anilines is 2. The molecule has 2 aromatic carbocycles. The minimum absolute atomic E-state index is 0.0499. The highest BCUT2D eigenvalue weighted by atomic mass is 16.5. The van der Waals surface area contributed by atoms with E-state index < -0.39 is 0 Å². The predicted octanol–water partition coefficient (Wildman–Crippen LogP) is 3.33. The van der Waals surface area contributed by atoms with E-state index in [9.17, 15) is 4.79 Å². The van der Waals surface area contributed by atoms with Gasteiger partial charge in [-0.05, 0) is 56.3 Å². The second kappa shape index (κ2) is 6.79. The number of nitrogens with zero attached hydrogens (tertiary/aromatic N) is 1. The molecule has 0 saturated heterocycles. The van der Waals surface area contributed by atoms with Gasteiger partial charge >= 0.3 is 0 Å². The third kappa shape index (κ3) is 3.54. The molecule has 0 spiro atoms. The molecule has 0 unspecified atom stereocenters. The van der Waals surface area contributed by atoms with Crippen LogP contribution in [0, 0.1) is 0 Å². The summed E-state index contributed by atoms with van der Waals surface area (Å²) in [6.45, 7) is 5.06. The second-order valence-corrected chi connectivity index (χ2v) is 4.60. The average Bonchev–Trinajstić information content (AvgIpc) is 2.49. The largest absolute Gasteiger partial charge is 0.494 e. The van der Waals surface area contributed by atoms with E-state index in [1.807, 2.05) is 38.1 Å². The number of carbonyl (C=O) groups excluding carboxylic acids is 1. The molecule has 0 aliphatic rings. The van der Waals surface area contributed by atoms with Gasteiger partial charge in [-0.25, -0.2) is 0 Å². The molecule has 0 atom stereocenters. The lowest BCUT2D eigenvalue weighted by Crippen LogP contribution is -2.30. The Balaban J connectivity index is 2.23. The zero-order valence-corrected chi connectivity index (χ0v) is 12.4. The number of nitrogen functional groups attached to an aromatic ring is 1. The lowest BCUT2D eigenvalue weighted by molar-refractivity contribution is 0.0988. The van der Waals surface area contributed by atoms with E-state index in [4.69, 9.17) is 10.5 Å². The van der Waals surface area contributed by atoms with Gasteiger partial charge in [0.25, 0.3) is 5.91 Å². The molecular weight excluding hydrogens is 264 g/mol. The van der Waals surface area contributed by atoms with Crippen molar-refractivity contribution in [3.8, 4) is 5.75 Å². The van der Waals surface area contributed by atoms with Crippen LogP contribution in [0.3, 0.4) is 0 Å². The van der Waals surface area contributed by atoms with Crippen LogP contribution in [0.25, 0.3) is 0 Å². The van der Waals surface area contributed by atoms with Gasteiger partial charge in [-0.3, -0.25) is 4.79 Å². The fourth-order valence-corrected chi connectivity index (χ4v) is 2.15. The Morgan fingerprint density at radius 3 is 2.43 bits per heavy atom. The number of rotatable bonds is 5. The summed E-state index contributed by atoms with van der Waals surface area (Å²) in [6.07, 6.45) is 0. The maximum atomic E-state index is 12.6. The van der Waals surface area contributed by atoms with Crippen molar-refractivity contribution in [1.82, 2.24) is 0 Å². The third-order valence-electron chi connectivity index (χ3n) is 3.16. The summed E-state index contributed by atoms with van der Waals surface area (Å²) >= 11 is 0. The van der Waals surface area contributed by atoms with Gasteiger partial charge in [0.05, 0.1) is 6.61 Å². The van der Waals surface area contributed by atoms with Gasteiger partial charge in [0, 0.05) is 23.5 Å². The first-order valence-corrected chi connectivity index (χ1v) is 7.06. The Bertz CT molecular complexity index is 608. The fraction of sp³-hybridized carbons (Fsp3) is 0.235. The molecule has 2 rings (SSSR count). The molecule has 0 fully saturated rings. The summed E-state index contributed by atoms with van der Waals surface area (Å²) in [5, 5.41) is 0. The third-order valence-corrected chi connectivity index (χ3v) is 3.16. The van der Waals surface area contributed by atoms with Crippen molar-refractivity contribution in [2.24, 2.45) is 0 Å². The number of ether oxygens (including phenoxy) is 1. The van der Waals surface area contributed by atoms with E-state index in [0.717, 1.165) is 11.4 Å². The summed E-state index contributed by atoms with van der Waals surface area (Å²) < 4.78 is 5.39. The molecule has 0 heterocycles. The molecule has 0 saturated carbocycles. The Morgan fingerprint density at radius 2 is 1.86 bits per heavy atom. The smallest absolute Gasteiger partial charge is 0.258 e. The summed E-state index contributed by atoms with van der Waals surface area (Å²) in [5.41, 5.74) is 7.86. The minimum Gasteiger partial charge on any atom is -0.494 e. The van der Waals surface area contributed by atoms with Crippen LogP contribution in [-0.2, 0) is 0 Å². The van der Waals surface area contributed by atoms with E-state index in [1.54, 1.807) is 29.2 Å². The fourth-order valence-electron chi connectivity index (χ4n) is 2.15. The van der Waals surface area contributed by atoms with Crippen LogP contribution in [0.5, 0.6) is 5.75 Å². The maximum Gasteiger partial charge on any atom is 0.258 e. The number of hydrogen-bond acceptors (Lipinski definition) is 3. The van der Waals surface area contributed by atoms with Crippen molar-refractivity contribution in [1.29, 1.82) is 0 Å². The van der Waals surface area contributed by atoms with Crippen LogP contribution in [0.4, 0.5) is 11.4 Å². The summed E-state index contributed by atoms with van der Waals surface area (Å²) in [4.78, 5) is 14.3. The van der Waals surface area contributed by atoms with Crippen molar-refractivity contribution in [3.63, 3.8) is 0 Å². The first kappa shape index (κ1) is 14.9. The topological polar surface area (TPSA) is 55.6 Å². The molecular formula is C17H20N2O2. The highest BCUT2D eigenvalue weighted by Crippen LogP contribution is 2.21. The molecule has 2 aromatic rings. The van der Waals surface area contributed by atoms with Gasteiger partial charge in [-0.1, -0.05) is 6.07 Å². The average molecular weight is 284 g/mol. The Morgan fingerprint density at radius 1 is 1.14 bits per heavy atom. The van der Waals surface area contributed by atoms with Crippen LogP contribution in [0.1, 0.15) is 24.2 Å². The number of nitrogens with two attached hydrogens (primary N) is 1. The Labute approximate surface area is 125 Å². The first-order chi connectivity index (χ1) is 10.2. The van der Waals surface area contributed by atoms with E-state index in [1.165, 1.54) is 0 Å². The Kier molecular flexibility index (Phi) is 4.82. The molecule has 4 nitrogen and oxygen atoms in total. The number of hydrogen-bond donors (Lipinski definition) is 1. The molecule has 21 heavy (non-hydrogen) atoms. The standard InChI is InChI=1S/C17H20N2O2/c1-3-19(15-7-5-6-14(18)12-15)17(20)13-8-10-16(11-9-13)21-4-2/h5-12H,3-4,18H2,1-2H3. The van der Waals surface area contributed by atoms with Crippen LogP contribution < -0.4 is 15.4 Å². The molecule has 0 radical (unpaired) electrons. The highest BCUT2D eigenvalue weighted by Gasteiger charge is 2.16. The van der Waals surface area contributed by atoms with Gasteiger partial charge < -0.3 is 15.4 Å². The van der Waals surface area contributed by atoms with Gasteiger partial charge in [-0.15, -0.1) is 0 Å². The monoisotopic (exact) mass is 284 g/mol. The van der Waals surface area contributed by atoms with Gasteiger partial charge in [0.2, 0.25) is 0 Å². The number of benzene rings is 2. The van der Waals surface area contributed by atoms with E-state index >= 15 is 0 Å². The molecule has 0 aliphatic carbocycles. The van der Waals surface area contributed by atoms with Crippen molar-refractivity contribution < 1.29 is 9.53 Å². The Hall–Kier alpha value is -2.49. The van der Waals surface area contributed by atoms with E-state index in [0.29, 0.717) is 24.4 Å². The SMILES string of the molecule is CCOc1ccc(C(=O)N(CC)c2cccc(N)c2)cc1. The lowest BCUT2D eigenvalue weighted by atomic mass is 10.1. The normalized spacial score (nSPS) is 10.2. The first-order valence-electron chi connectivity index (χ1n) is 7.06. The highest BCUT2D eigenvalue weighted by molar-refractivity contribution is 6.06. The van der Waals surface area contributed by atoms with Crippen molar-refractivity contribution in [2.75, 3.05) is 23.8 Å². The lowest BCUT2D eigenvalue weighted by Gasteiger charge is -2.21. The van der Waals surface area contributed by atoms with Crippen molar-refractivity contribution in [3.05, 3.63) is 54.1 Å². The van der Waals surface area contributed by atoms with Gasteiger partial charge in [0.1, 0.15) is 5.75 Å². The zero-order valence-electron chi connectivity index (χ0n) is 12.4. The number of carbonyl (C=O) groups is 1. The molecule has 110 valence electrons. The van der Waals surface area contributed by atoms with Crippen LogP contribution in [0.15, 0.2) is 48.5 Å². The number of amides is 1. The van der Waals surface area contributed by atoms with Crippen molar-refractivity contribution >= 4 is 17.3 Å². The van der Waals surface area contributed by atoms with Gasteiger partial charge in [-0.2, -0.15) is 0 Å². The van der Waals surface area contributed by atoms with Gasteiger partial charge in [0.15, 0.2) is 0 Å². The van der Waals surface area contributed by atoms with E-state index in [-0.39, 0.29) is 5.91 Å². The molecule has 2 N–H and O–H groups in total. The van der Waals surface area contributed by atoms with Crippen LogP contribution >= 0.6 is 0 Å². The molecule has 1 amide bonds. The van der Waals surface area contributed by atoms with Crippen LogP contribution in [-0.4, -0.2) is 19.1 Å². The summed E-state index contributed by atoms with van der Waals surface area (Å²) in [6, 6.07) is 14.5. The molecule has 0 bridgehead atoms.